The predicted octanol–water partition coefficient (Wildman–Crippen LogP) is 4.06. The van der Waals surface area contributed by atoms with E-state index in [1.54, 1.807) is 0 Å². The summed E-state index contributed by atoms with van der Waals surface area (Å²) in [5.41, 5.74) is 6.98. The predicted molar refractivity (Wildman–Crippen MR) is 103 cm³/mol. The van der Waals surface area contributed by atoms with Crippen molar-refractivity contribution in [2.24, 2.45) is 17.6 Å². The topological polar surface area (TPSA) is 59.2 Å². The summed E-state index contributed by atoms with van der Waals surface area (Å²) >= 11 is 8.96. The molecule has 1 aliphatic carbocycles. The zero-order valence-electron chi connectivity index (χ0n) is 13.2. The molecule has 0 aromatic carbocycles. The maximum atomic E-state index is 12.9. The minimum Gasteiger partial charge on any atom is -0.337 e. The molecule has 2 aromatic rings. The Hall–Kier alpha value is -0.660. The fraction of sp³-hybridized carbons (Fsp3) is 0.500. The van der Waals surface area contributed by atoms with Crippen LogP contribution >= 0.6 is 46.7 Å². The van der Waals surface area contributed by atoms with Crippen LogP contribution in [-0.4, -0.2) is 34.9 Å². The Morgan fingerprint density at radius 3 is 2.79 bits per heavy atom. The Morgan fingerprint density at radius 2 is 2.12 bits per heavy atom. The molecule has 1 aliphatic heterocycles. The molecule has 2 aromatic heterocycles. The molecule has 8 heteroatoms. The van der Waals surface area contributed by atoms with E-state index < -0.39 is 0 Å². The van der Waals surface area contributed by atoms with E-state index in [4.69, 9.17) is 17.3 Å². The highest BCUT2D eigenvalue weighted by atomic mass is 35.5. The summed E-state index contributed by atoms with van der Waals surface area (Å²) in [6, 6.07) is 4.07. The average Bonchev–Trinajstić information content (AvgIpc) is 3.25. The van der Waals surface area contributed by atoms with Gasteiger partial charge in [-0.2, -0.15) is 0 Å². The van der Waals surface area contributed by atoms with Crippen molar-refractivity contribution in [1.82, 2.24) is 9.88 Å². The molecule has 4 nitrogen and oxygen atoms in total. The molecule has 2 aliphatic rings. The van der Waals surface area contributed by atoms with Gasteiger partial charge in [0, 0.05) is 19.1 Å². The van der Waals surface area contributed by atoms with Crippen LogP contribution < -0.4 is 5.73 Å². The highest BCUT2D eigenvalue weighted by molar-refractivity contribution is 7.24. The third kappa shape index (κ3) is 3.10. The Kier molecular flexibility index (Phi) is 5.23. The summed E-state index contributed by atoms with van der Waals surface area (Å²) in [6.07, 6.45) is 2.25. The van der Waals surface area contributed by atoms with Gasteiger partial charge in [0.2, 0.25) is 0 Å². The summed E-state index contributed by atoms with van der Waals surface area (Å²) in [6.45, 7) is 3.54. The molecule has 1 saturated carbocycles. The van der Waals surface area contributed by atoms with Crippen molar-refractivity contribution in [3.8, 4) is 9.88 Å². The van der Waals surface area contributed by atoms with Crippen molar-refractivity contribution in [3.63, 3.8) is 0 Å². The first kappa shape index (κ1) is 18.1. The van der Waals surface area contributed by atoms with Crippen LogP contribution in [0.3, 0.4) is 0 Å². The molecule has 130 valence electrons. The number of rotatable bonds is 2. The minimum atomic E-state index is 0. The maximum Gasteiger partial charge on any atom is 0.265 e. The Balaban J connectivity index is 0.00000169. The van der Waals surface area contributed by atoms with E-state index in [9.17, 15) is 4.79 Å². The Labute approximate surface area is 160 Å². The number of fused-ring (bicyclic) bond motifs is 1. The summed E-state index contributed by atoms with van der Waals surface area (Å²) < 4.78 is 0.738. The molecule has 4 rings (SSSR count). The van der Waals surface area contributed by atoms with Crippen molar-refractivity contribution in [2.75, 3.05) is 13.1 Å². The summed E-state index contributed by atoms with van der Waals surface area (Å²) in [5.74, 6) is 1.16. The summed E-state index contributed by atoms with van der Waals surface area (Å²) in [4.78, 5) is 21.2. The largest absolute Gasteiger partial charge is 0.337 e. The Bertz CT molecular complexity index is 760. The van der Waals surface area contributed by atoms with Gasteiger partial charge in [0.1, 0.15) is 9.88 Å². The van der Waals surface area contributed by atoms with Crippen LogP contribution in [0.15, 0.2) is 12.1 Å². The van der Waals surface area contributed by atoms with E-state index in [1.807, 2.05) is 24.0 Å². The van der Waals surface area contributed by atoms with E-state index in [2.05, 4.69) is 4.98 Å². The fourth-order valence-corrected chi connectivity index (χ4v) is 5.88. The monoisotopic (exact) mass is 403 g/mol. The van der Waals surface area contributed by atoms with E-state index >= 15 is 0 Å². The number of halogens is 2. The molecule has 1 saturated heterocycles. The van der Waals surface area contributed by atoms with Crippen LogP contribution in [0.5, 0.6) is 0 Å². The molecule has 2 fully saturated rings. The number of nitrogens with two attached hydrogens (primary N) is 1. The molecule has 0 bridgehead atoms. The lowest BCUT2D eigenvalue weighted by Crippen LogP contribution is -2.33. The highest BCUT2D eigenvalue weighted by Crippen LogP contribution is 2.39. The first-order valence-electron chi connectivity index (χ1n) is 7.81. The first-order chi connectivity index (χ1) is 11.0. The number of aromatic nitrogens is 1. The normalized spacial score (nSPS) is 25.6. The third-order valence-corrected chi connectivity index (χ3v) is 7.52. The van der Waals surface area contributed by atoms with Crippen LogP contribution in [-0.2, 0) is 0 Å². The molecular formula is C16H19Cl2N3OS2. The number of aryl methyl sites for hydroxylation is 1. The first-order valence-corrected chi connectivity index (χ1v) is 9.82. The number of thiazole rings is 1. The number of hydrogen-bond donors (Lipinski definition) is 1. The number of likely N-dealkylation sites (tertiary alicyclic amines) is 1. The molecular weight excluding hydrogens is 385 g/mol. The van der Waals surface area contributed by atoms with Crippen molar-refractivity contribution in [1.29, 1.82) is 0 Å². The smallest absolute Gasteiger partial charge is 0.265 e. The molecule has 0 spiro atoms. The zero-order chi connectivity index (χ0) is 16.1. The lowest BCUT2D eigenvalue weighted by Gasteiger charge is -2.18. The second-order valence-electron chi connectivity index (χ2n) is 6.41. The second kappa shape index (κ2) is 6.92. The molecule has 0 radical (unpaired) electrons. The molecule has 2 N–H and O–H groups in total. The van der Waals surface area contributed by atoms with Crippen LogP contribution in [0.1, 0.15) is 28.2 Å². The number of amides is 1. The van der Waals surface area contributed by atoms with Gasteiger partial charge in [0.15, 0.2) is 0 Å². The number of carbonyl (C=O) groups is 1. The van der Waals surface area contributed by atoms with Gasteiger partial charge in [-0.25, -0.2) is 4.98 Å². The fourth-order valence-electron chi connectivity index (χ4n) is 3.75. The number of nitrogens with zero attached hydrogens (tertiary/aromatic N) is 2. The number of carbonyl (C=O) groups excluding carboxylic acids is 1. The van der Waals surface area contributed by atoms with Crippen LogP contribution in [0.4, 0.5) is 0 Å². The van der Waals surface area contributed by atoms with Crippen molar-refractivity contribution in [3.05, 3.63) is 27.0 Å². The van der Waals surface area contributed by atoms with Gasteiger partial charge in [-0.3, -0.25) is 4.79 Å². The van der Waals surface area contributed by atoms with Crippen molar-refractivity contribution < 1.29 is 4.79 Å². The standard InChI is InChI=1S/C16H18ClN3OS2.ClH/c1-8-14(23-15(19-8)12-4-5-13(17)22-12)16(21)20-6-9-2-3-11(18)10(9)7-20;/h4-5,9-11H,2-3,6-7,18H2,1H3;1H. The minimum absolute atomic E-state index is 0. The Morgan fingerprint density at radius 1 is 1.33 bits per heavy atom. The molecule has 3 atom stereocenters. The number of thiophene rings is 1. The molecule has 24 heavy (non-hydrogen) atoms. The van der Waals surface area contributed by atoms with Crippen molar-refractivity contribution >= 4 is 52.6 Å². The summed E-state index contributed by atoms with van der Waals surface area (Å²) in [7, 11) is 0. The maximum absolute atomic E-state index is 12.9. The lowest BCUT2D eigenvalue weighted by molar-refractivity contribution is 0.0783. The highest BCUT2D eigenvalue weighted by Gasteiger charge is 2.43. The van der Waals surface area contributed by atoms with Gasteiger partial charge in [-0.1, -0.05) is 11.6 Å². The second-order valence-corrected chi connectivity index (χ2v) is 9.13. The quantitative estimate of drug-likeness (QED) is 0.821. The number of hydrogen-bond acceptors (Lipinski definition) is 5. The van der Waals surface area contributed by atoms with Gasteiger partial charge >= 0.3 is 0 Å². The van der Waals surface area contributed by atoms with Gasteiger partial charge in [0.05, 0.1) is 14.9 Å². The van der Waals surface area contributed by atoms with E-state index in [1.165, 1.54) is 22.7 Å². The van der Waals surface area contributed by atoms with E-state index in [-0.39, 0.29) is 24.4 Å². The molecule has 1 amide bonds. The van der Waals surface area contributed by atoms with Crippen molar-refractivity contribution in [2.45, 2.75) is 25.8 Å². The van der Waals surface area contributed by atoms with Crippen LogP contribution in [0, 0.1) is 18.8 Å². The van der Waals surface area contributed by atoms with Gasteiger partial charge in [-0.05, 0) is 43.7 Å². The molecule has 3 heterocycles. The van der Waals surface area contributed by atoms with E-state index in [0.717, 1.165) is 50.7 Å². The van der Waals surface area contributed by atoms with E-state index in [0.29, 0.717) is 11.8 Å². The van der Waals surface area contributed by atoms with Crippen LogP contribution in [0.25, 0.3) is 9.88 Å². The SMILES string of the molecule is Cc1nc(-c2ccc(Cl)s2)sc1C(=O)N1CC2CCC(N)C2C1.Cl. The van der Waals surface area contributed by atoms with Gasteiger partial charge in [-0.15, -0.1) is 35.1 Å². The van der Waals surface area contributed by atoms with Gasteiger partial charge < -0.3 is 10.6 Å². The lowest BCUT2D eigenvalue weighted by atomic mass is 9.98. The summed E-state index contributed by atoms with van der Waals surface area (Å²) in [5, 5.41) is 0.874. The zero-order valence-corrected chi connectivity index (χ0v) is 16.4. The third-order valence-electron chi connectivity index (χ3n) is 4.97. The van der Waals surface area contributed by atoms with Crippen LogP contribution in [0.2, 0.25) is 4.34 Å². The average molecular weight is 404 g/mol. The molecule has 3 unspecified atom stereocenters. The van der Waals surface area contributed by atoms with Gasteiger partial charge in [0.25, 0.3) is 5.91 Å².